The minimum atomic E-state index is -5.08. The smallest absolute Gasteiger partial charge is 0.478 e. The van der Waals surface area contributed by atoms with E-state index in [1.54, 1.807) is 31.2 Å². The number of alkyl halides is 3. The third-order valence-electron chi connectivity index (χ3n) is 5.29. The van der Waals surface area contributed by atoms with Crippen LogP contribution in [-0.4, -0.2) is 43.3 Å². The van der Waals surface area contributed by atoms with Gasteiger partial charge in [-0.25, -0.2) is 18.0 Å². The maximum Gasteiger partial charge on any atom is 0.490 e. The van der Waals surface area contributed by atoms with Crippen LogP contribution in [0.1, 0.15) is 34.0 Å². The highest BCUT2D eigenvalue weighted by molar-refractivity contribution is 7.92. The number of rotatable bonds is 8. The molecule has 0 aliphatic heterocycles. The number of sulfonamides is 1. The van der Waals surface area contributed by atoms with Gasteiger partial charge in [-0.2, -0.15) is 13.2 Å². The molecule has 3 aromatic rings. The van der Waals surface area contributed by atoms with Crippen LogP contribution < -0.4 is 9.62 Å². The molecular formula is C26H27F3N2O6S. The van der Waals surface area contributed by atoms with Crippen molar-refractivity contribution in [3.63, 3.8) is 0 Å². The first-order valence-corrected chi connectivity index (χ1v) is 12.7. The van der Waals surface area contributed by atoms with Crippen molar-refractivity contribution in [3.05, 3.63) is 89.0 Å². The summed E-state index contributed by atoms with van der Waals surface area (Å²) in [4.78, 5) is 23.0. The summed E-state index contributed by atoms with van der Waals surface area (Å²) >= 11 is 0. The van der Waals surface area contributed by atoms with Crippen molar-refractivity contribution in [2.45, 2.75) is 38.4 Å². The van der Waals surface area contributed by atoms with Gasteiger partial charge in [0.05, 0.1) is 16.1 Å². The molecule has 0 radical (unpaired) electrons. The first kappa shape index (κ1) is 30.2. The zero-order valence-electron chi connectivity index (χ0n) is 20.8. The number of carbonyl (C=O) groups is 2. The van der Waals surface area contributed by atoms with Crippen LogP contribution in [0.3, 0.4) is 0 Å². The van der Waals surface area contributed by atoms with Gasteiger partial charge in [-0.05, 0) is 61.7 Å². The molecule has 0 spiro atoms. The van der Waals surface area contributed by atoms with E-state index in [1.807, 2.05) is 55.1 Å². The summed E-state index contributed by atoms with van der Waals surface area (Å²) in [6, 6.07) is 19.6. The molecule has 3 rings (SSSR count). The Kier molecular flexibility index (Phi) is 9.89. The Morgan fingerprint density at radius 3 is 2.08 bits per heavy atom. The van der Waals surface area contributed by atoms with Gasteiger partial charge in [0.25, 0.3) is 10.0 Å². The maximum atomic E-state index is 12.9. The number of halogens is 3. The fourth-order valence-electron chi connectivity index (χ4n) is 3.42. The standard InChI is InChI=1S/C24H26N2O4S.C2HF3O2/c1-4-26(16-19-8-6-5-7-9-19)22-13-12-20(15-21(22)24(27)28)25-31(29,30)23-14-17(2)10-11-18(23)3;3-2(4,5)1(6)7/h5-15,25H,4,16H2,1-3H3,(H,27,28);(H,6,7). The molecule has 0 fully saturated rings. The van der Waals surface area contributed by atoms with Gasteiger partial charge in [0.1, 0.15) is 0 Å². The van der Waals surface area contributed by atoms with Gasteiger partial charge in [0.2, 0.25) is 0 Å². The van der Waals surface area contributed by atoms with Crippen LogP contribution in [0.15, 0.2) is 71.6 Å². The van der Waals surface area contributed by atoms with E-state index >= 15 is 0 Å². The molecule has 0 aromatic heterocycles. The van der Waals surface area contributed by atoms with Crippen LogP contribution in [0.4, 0.5) is 24.5 Å². The van der Waals surface area contributed by atoms with Gasteiger partial charge in [0, 0.05) is 18.8 Å². The van der Waals surface area contributed by atoms with Gasteiger partial charge < -0.3 is 15.1 Å². The number of anilines is 2. The number of aliphatic carboxylic acids is 1. The Morgan fingerprint density at radius 1 is 0.947 bits per heavy atom. The van der Waals surface area contributed by atoms with Crippen molar-refractivity contribution in [3.8, 4) is 0 Å². The molecule has 38 heavy (non-hydrogen) atoms. The number of nitrogens with zero attached hydrogens (tertiary/aromatic N) is 1. The van der Waals surface area contributed by atoms with Crippen molar-refractivity contribution < 1.29 is 41.4 Å². The van der Waals surface area contributed by atoms with Crippen LogP contribution in [0, 0.1) is 13.8 Å². The predicted molar refractivity (Wildman–Crippen MR) is 137 cm³/mol. The first-order valence-electron chi connectivity index (χ1n) is 11.2. The summed E-state index contributed by atoms with van der Waals surface area (Å²) in [5.41, 5.74) is 3.28. The molecule has 0 heterocycles. The Balaban J connectivity index is 0.000000638. The number of carboxylic acids is 2. The maximum absolute atomic E-state index is 12.9. The number of hydrogen-bond acceptors (Lipinski definition) is 5. The molecule has 204 valence electrons. The van der Waals surface area contributed by atoms with Gasteiger partial charge in [-0.15, -0.1) is 0 Å². The van der Waals surface area contributed by atoms with Gasteiger partial charge in [-0.1, -0.05) is 42.5 Å². The Bertz CT molecular complexity index is 1390. The molecule has 3 N–H and O–H groups in total. The fraction of sp³-hybridized carbons (Fsp3) is 0.231. The van der Waals surface area contributed by atoms with Crippen molar-refractivity contribution in [1.29, 1.82) is 0 Å². The van der Waals surface area contributed by atoms with E-state index in [1.165, 1.54) is 6.07 Å². The average Bonchev–Trinajstić information content (AvgIpc) is 2.84. The molecule has 0 atom stereocenters. The van der Waals surface area contributed by atoms with Crippen LogP contribution in [0.25, 0.3) is 0 Å². The zero-order chi connectivity index (χ0) is 28.7. The molecular weight excluding hydrogens is 525 g/mol. The van der Waals surface area contributed by atoms with Crippen LogP contribution in [-0.2, 0) is 21.4 Å². The second kappa shape index (κ2) is 12.5. The summed E-state index contributed by atoms with van der Waals surface area (Å²) in [6.07, 6.45) is -5.08. The summed E-state index contributed by atoms with van der Waals surface area (Å²) in [5.74, 6) is -3.87. The number of aryl methyl sites for hydroxylation is 2. The minimum absolute atomic E-state index is 0.0407. The summed E-state index contributed by atoms with van der Waals surface area (Å²) in [7, 11) is -3.85. The molecule has 0 unspecified atom stereocenters. The van der Waals surface area contributed by atoms with Crippen molar-refractivity contribution in [2.75, 3.05) is 16.2 Å². The normalized spacial score (nSPS) is 11.2. The predicted octanol–water partition coefficient (Wildman–Crippen LogP) is 5.46. The molecule has 0 aliphatic rings. The Labute approximate surface area is 218 Å². The van der Waals surface area contributed by atoms with E-state index in [0.29, 0.717) is 24.3 Å². The lowest BCUT2D eigenvalue weighted by Gasteiger charge is -2.25. The lowest BCUT2D eigenvalue weighted by molar-refractivity contribution is -0.192. The summed E-state index contributed by atoms with van der Waals surface area (Å²) in [5, 5.41) is 16.9. The van der Waals surface area contributed by atoms with Crippen molar-refractivity contribution in [2.24, 2.45) is 0 Å². The summed E-state index contributed by atoms with van der Waals surface area (Å²) in [6.45, 7) is 6.64. The second-order valence-corrected chi connectivity index (χ2v) is 9.87. The van der Waals surface area contributed by atoms with Crippen molar-refractivity contribution >= 4 is 33.3 Å². The highest BCUT2D eigenvalue weighted by Crippen LogP contribution is 2.28. The average molecular weight is 553 g/mol. The lowest BCUT2D eigenvalue weighted by Crippen LogP contribution is -2.24. The van der Waals surface area contributed by atoms with E-state index in [-0.39, 0.29) is 16.1 Å². The second-order valence-electron chi connectivity index (χ2n) is 8.21. The summed E-state index contributed by atoms with van der Waals surface area (Å²) < 4.78 is 60.1. The van der Waals surface area contributed by atoms with E-state index in [0.717, 1.165) is 11.1 Å². The number of nitrogens with one attached hydrogen (secondary N) is 1. The number of benzene rings is 3. The quantitative estimate of drug-likeness (QED) is 0.339. The van der Waals surface area contributed by atoms with Crippen LogP contribution in [0.2, 0.25) is 0 Å². The highest BCUT2D eigenvalue weighted by atomic mass is 32.2. The molecule has 3 aromatic carbocycles. The molecule has 8 nitrogen and oxygen atoms in total. The largest absolute Gasteiger partial charge is 0.490 e. The van der Waals surface area contributed by atoms with Gasteiger partial charge >= 0.3 is 18.1 Å². The third kappa shape index (κ3) is 8.23. The SMILES string of the molecule is CCN(Cc1ccccc1)c1ccc(NS(=O)(=O)c2cc(C)ccc2C)cc1C(=O)O.O=C(O)C(F)(F)F. The van der Waals surface area contributed by atoms with E-state index < -0.39 is 28.1 Å². The Hall–Kier alpha value is -4.06. The third-order valence-corrected chi connectivity index (χ3v) is 6.82. The lowest BCUT2D eigenvalue weighted by atomic mass is 10.1. The topological polar surface area (TPSA) is 124 Å². The van der Waals surface area contributed by atoms with Crippen LogP contribution in [0.5, 0.6) is 0 Å². The number of hydrogen-bond donors (Lipinski definition) is 3. The highest BCUT2D eigenvalue weighted by Gasteiger charge is 2.38. The molecule has 0 amide bonds. The molecule has 0 saturated heterocycles. The van der Waals surface area contributed by atoms with Crippen LogP contribution >= 0.6 is 0 Å². The fourth-order valence-corrected chi connectivity index (χ4v) is 4.80. The zero-order valence-corrected chi connectivity index (χ0v) is 21.6. The van der Waals surface area contributed by atoms with Crippen molar-refractivity contribution in [1.82, 2.24) is 0 Å². The van der Waals surface area contributed by atoms with E-state index in [2.05, 4.69) is 4.72 Å². The van der Waals surface area contributed by atoms with Gasteiger partial charge in [0.15, 0.2) is 0 Å². The van der Waals surface area contributed by atoms with E-state index in [4.69, 9.17) is 9.90 Å². The Morgan fingerprint density at radius 2 is 1.55 bits per heavy atom. The molecule has 0 bridgehead atoms. The number of carboxylic acid groups (broad SMARTS) is 2. The minimum Gasteiger partial charge on any atom is -0.478 e. The molecule has 12 heteroatoms. The first-order chi connectivity index (χ1) is 17.7. The molecule has 0 saturated carbocycles. The molecule has 0 aliphatic carbocycles. The monoisotopic (exact) mass is 552 g/mol. The van der Waals surface area contributed by atoms with Gasteiger partial charge in [-0.3, -0.25) is 4.72 Å². The van der Waals surface area contributed by atoms with E-state index in [9.17, 15) is 31.5 Å². The number of aromatic carboxylic acids is 1.